The number of rotatable bonds is 3. The van der Waals surface area contributed by atoms with E-state index in [1.165, 1.54) is 5.56 Å². The van der Waals surface area contributed by atoms with Gasteiger partial charge in [-0.25, -0.2) is 0 Å². The lowest BCUT2D eigenvalue weighted by atomic mass is 9.82. The van der Waals surface area contributed by atoms with E-state index in [2.05, 4.69) is 26.0 Å². The van der Waals surface area contributed by atoms with Crippen molar-refractivity contribution >= 4 is 0 Å². The zero-order chi connectivity index (χ0) is 11.6. The molecule has 0 radical (unpaired) electrons. The van der Waals surface area contributed by atoms with E-state index >= 15 is 0 Å². The number of benzene rings is 1. The van der Waals surface area contributed by atoms with Crippen LogP contribution in [0.15, 0.2) is 47.1 Å². The van der Waals surface area contributed by atoms with Gasteiger partial charge >= 0.3 is 0 Å². The Morgan fingerprint density at radius 2 is 1.88 bits per heavy atom. The lowest BCUT2D eigenvalue weighted by Gasteiger charge is -2.22. The third-order valence-electron chi connectivity index (χ3n) is 2.95. The van der Waals surface area contributed by atoms with E-state index in [9.17, 15) is 0 Å². The molecule has 1 aromatic heterocycles. The van der Waals surface area contributed by atoms with Gasteiger partial charge in [0.2, 0.25) is 0 Å². The summed E-state index contributed by atoms with van der Waals surface area (Å²) >= 11 is 0. The summed E-state index contributed by atoms with van der Waals surface area (Å²) in [6, 6.07) is 12.1. The summed E-state index contributed by atoms with van der Waals surface area (Å²) in [6.45, 7) is 4.25. The van der Waals surface area contributed by atoms with Crippen LogP contribution >= 0.6 is 0 Å². The highest BCUT2D eigenvalue weighted by Crippen LogP contribution is 2.32. The highest BCUT2D eigenvalue weighted by Gasteiger charge is 2.26. The lowest BCUT2D eigenvalue weighted by Crippen LogP contribution is -2.17. The topological polar surface area (TPSA) is 33.4 Å². The van der Waals surface area contributed by atoms with Crippen LogP contribution in [-0.4, -0.2) is 5.11 Å². The maximum Gasteiger partial charge on any atom is 0.114 e. The molecule has 0 atom stereocenters. The van der Waals surface area contributed by atoms with Gasteiger partial charge in [0, 0.05) is 11.0 Å². The van der Waals surface area contributed by atoms with Crippen molar-refractivity contribution in [2.75, 3.05) is 0 Å². The van der Waals surface area contributed by atoms with E-state index in [0.717, 1.165) is 11.3 Å². The second-order valence-electron chi connectivity index (χ2n) is 4.47. The van der Waals surface area contributed by atoms with Gasteiger partial charge in [-0.15, -0.1) is 0 Å². The first-order chi connectivity index (χ1) is 7.64. The molecule has 0 aliphatic rings. The van der Waals surface area contributed by atoms with Crippen LogP contribution in [0.25, 0.3) is 0 Å². The second-order valence-corrected chi connectivity index (χ2v) is 4.47. The number of aliphatic hydroxyl groups is 1. The fourth-order valence-electron chi connectivity index (χ4n) is 1.78. The highest BCUT2D eigenvalue weighted by atomic mass is 16.3. The number of hydrogen-bond acceptors (Lipinski definition) is 2. The van der Waals surface area contributed by atoms with Crippen molar-refractivity contribution in [3.8, 4) is 0 Å². The van der Waals surface area contributed by atoms with Crippen LogP contribution in [0.2, 0.25) is 0 Å². The predicted octanol–water partition coefficient (Wildman–Crippen LogP) is 3.10. The van der Waals surface area contributed by atoms with E-state index in [1.807, 2.05) is 24.3 Å². The Morgan fingerprint density at radius 1 is 1.19 bits per heavy atom. The maximum atomic E-state index is 9.03. The molecular formula is C14H16O2. The van der Waals surface area contributed by atoms with Crippen LogP contribution in [0.5, 0.6) is 0 Å². The Labute approximate surface area is 95.5 Å². The van der Waals surface area contributed by atoms with Gasteiger partial charge in [-0.3, -0.25) is 0 Å². The zero-order valence-electron chi connectivity index (χ0n) is 9.60. The Bertz CT molecular complexity index is 455. The van der Waals surface area contributed by atoms with Crippen molar-refractivity contribution < 1.29 is 9.52 Å². The van der Waals surface area contributed by atoms with Crippen molar-refractivity contribution in [1.29, 1.82) is 0 Å². The molecule has 0 aliphatic carbocycles. The number of aliphatic hydroxyl groups excluding tert-OH is 1. The van der Waals surface area contributed by atoms with Crippen LogP contribution in [0.4, 0.5) is 0 Å². The van der Waals surface area contributed by atoms with Gasteiger partial charge in [-0.05, 0) is 25.5 Å². The van der Waals surface area contributed by atoms with Crippen LogP contribution in [0.1, 0.15) is 30.7 Å². The van der Waals surface area contributed by atoms with Gasteiger partial charge < -0.3 is 9.52 Å². The van der Waals surface area contributed by atoms with Crippen molar-refractivity contribution in [3.63, 3.8) is 0 Å². The number of furan rings is 1. The molecule has 2 rings (SSSR count). The smallest absolute Gasteiger partial charge is 0.114 e. The zero-order valence-corrected chi connectivity index (χ0v) is 9.60. The molecule has 16 heavy (non-hydrogen) atoms. The molecule has 1 aromatic carbocycles. The summed E-state index contributed by atoms with van der Waals surface area (Å²) < 4.78 is 5.51. The molecule has 2 heteroatoms. The second kappa shape index (κ2) is 4.14. The monoisotopic (exact) mass is 216 g/mol. The minimum Gasteiger partial charge on any atom is -0.468 e. The van der Waals surface area contributed by atoms with Crippen molar-refractivity contribution in [3.05, 3.63) is 59.5 Å². The standard InChI is InChI=1S/C14H16O2/c1-14(2,12-6-4-3-5-7-12)13-8-11(9-15)10-16-13/h3-8,10,15H,9H2,1-2H3. The normalized spacial score (nSPS) is 11.7. The van der Waals surface area contributed by atoms with Gasteiger partial charge in [0.05, 0.1) is 12.9 Å². The fourth-order valence-corrected chi connectivity index (χ4v) is 1.78. The average Bonchev–Trinajstić information content (AvgIpc) is 2.79. The molecule has 0 spiro atoms. The highest BCUT2D eigenvalue weighted by molar-refractivity contribution is 5.33. The number of hydrogen-bond donors (Lipinski definition) is 1. The molecule has 0 aliphatic heterocycles. The summed E-state index contributed by atoms with van der Waals surface area (Å²) in [5, 5.41) is 9.03. The molecule has 84 valence electrons. The third kappa shape index (κ3) is 1.89. The Morgan fingerprint density at radius 3 is 2.44 bits per heavy atom. The fraction of sp³-hybridized carbons (Fsp3) is 0.286. The quantitative estimate of drug-likeness (QED) is 0.855. The minimum atomic E-state index is -0.172. The molecule has 2 aromatic rings. The van der Waals surface area contributed by atoms with E-state index in [1.54, 1.807) is 6.26 Å². The molecule has 1 N–H and O–H groups in total. The van der Waals surface area contributed by atoms with Gasteiger partial charge in [0.1, 0.15) is 5.76 Å². The Balaban J connectivity index is 2.38. The van der Waals surface area contributed by atoms with Gasteiger partial charge in [-0.2, -0.15) is 0 Å². The van der Waals surface area contributed by atoms with E-state index < -0.39 is 0 Å². The summed E-state index contributed by atoms with van der Waals surface area (Å²) in [4.78, 5) is 0. The summed E-state index contributed by atoms with van der Waals surface area (Å²) in [5.41, 5.74) is 1.85. The SMILES string of the molecule is CC(C)(c1ccccc1)c1cc(CO)co1. The van der Waals surface area contributed by atoms with Crippen molar-refractivity contribution in [1.82, 2.24) is 0 Å². The first-order valence-corrected chi connectivity index (χ1v) is 5.39. The lowest BCUT2D eigenvalue weighted by molar-refractivity contribution is 0.280. The molecular weight excluding hydrogens is 200 g/mol. The van der Waals surface area contributed by atoms with E-state index in [0.29, 0.717) is 0 Å². The molecule has 0 saturated heterocycles. The van der Waals surface area contributed by atoms with Gasteiger partial charge in [0.25, 0.3) is 0 Å². The van der Waals surface area contributed by atoms with E-state index in [-0.39, 0.29) is 12.0 Å². The van der Waals surface area contributed by atoms with Crippen LogP contribution in [0.3, 0.4) is 0 Å². The molecule has 0 unspecified atom stereocenters. The molecule has 1 heterocycles. The third-order valence-corrected chi connectivity index (χ3v) is 2.95. The first kappa shape index (κ1) is 11.0. The van der Waals surface area contributed by atoms with Crippen LogP contribution < -0.4 is 0 Å². The summed E-state index contributed by atoms with van der Waals surface area (Å²) in [5.74, 6) is 0.878. The average molecular weight is 216 g/mol. The van der Waals surface area contributed by atoms with Crippen molar-refractivity contribution in [2.24, 2.45) is 0 Å². The molecule has 2 nitrogen and oxygen atoms in total. The van der Waals surface area contributed by atoms with Crippen molar-refractivity contribution in [2.45, 2.75) is 25.9 Å². The predicted molar refractivity (Wildman–Crippen MR) is 63.2 cm³/mol. The molecule has 0 bridgehead atoms. The maximum absolute atomic E-state index is 9.03. The van der Waals surface area contributed by atoms with Gasteiger partial charge in [0.15, 0.2) is 0 Å². The Hall–Kier alpha value is -1.54. The van der Waals surface area contributed by atoms with Gasteiger partial charge in [-0.1, -0.05) is 30.3 Å². The molecule has 0 fully saturated rings. The van der Waals surface area contributed by atoms with E-state index in [4.69, 9.17) is 9.52 Å². The largest absolute Gasteiger partial charge is 0.468 e. The van der Waals surface area contributed by atoms with Crippen LogP contribution in [-0.2, 0) is 12.0 Å². The summed E-state index contributed by atoms with van der Waals surface area (Å²) in [6.07, 6.45) is 1.61. The molecule has 0 saturated carbocycles. The minimum absolute atomic E-state index is 0.0222. The molecule has 0 amide bonds. The first-order valence-electron chi connectivity index (χ1n) is 5.39. The Kier molecular flexibility index (Phi) is 2.84. The van der Waals surface area contributed by atoms with Crippen LogP contribution in [0, 0.1) is 0 Å². The summed E-state index contributed by atoms with van der Waals surface area (Å²) in [7, 11) is 0.